The number of halogens is 2. The predicted molar refractivity (Wildman–Crippen MR) is 67.2 cm³/mol. The molecule has 102 valence electrons. The molecule has 1 unspecified atom stereocenters. The van der Waals surface area contributed by atoms with E-state index < -0.39 is 5.82 Å². The van der Waals surface area contributed by atoms with Gasteiger partial charge in [0.25, 0.3) is 0 Å². The van der Waals surface area contributed by atoms with Crippen LogP contribution in [0.15, 0.2) is 6.07 Å². The van der Waals surface area contributed by atoms with Gasteiger partial charge in [-0.3, -0.25) is 0 Å². The molecule has 1 fully saturated rings. The molecule has 0 amide bonds. The molecule has 1 aromatic heterocycles. The molecule has 6 heteroatoms. The summed E-state index contributed by atoms with van der Waals surface area (Å²) >= 11 is 5.76. The minimum Gasteiger partial charge on any atom is -0.353 e. The fourth-order valence-electron chi connectivity index (χ4n) is 1.89. The van der Waals surface area contributed by atoms with E-state index in [1.165, 1.54) is 0 Å². The molecule has 1 atom stereocenters. The summed E-state index contributed by atoms with van der Waals surface area (Å²) in [6.07, 6.45) is 3.10. The number of pyridine rings is 1. The second-order valence-corrected chi connectivity index (χ2v) is 4.64. The topological polar surface area (TPSA) is 55.1 Å². The van der Waals surface area contributed by atoms with Crippen molar-refractivity contribution in [1.29, 1.82) is 5.26 Å². The molecule has 1 aliphatic heterocycles. The first-order valence-electron chi connectivity index (χ1n) is 6.19. The van der Waals surface area contributed by atoms with Gasteiger partial charge in [0.2, 0.25) is 0 Å². The lowest BCUT2D eigenvalue weighted by Crippen LogP contribution is -2.23. The lowest BCUT2D eigenvalue weighted by Gasteiger charge is -2.22. The Morgan fingerprint density at radius 2 is 2.42 bits per heavy atom. The lowest BCUT2D eigenvalue weighted by atomic mass is 10.2. The van der Waals surface area contributed by atoms with E-state index >= 15 is 0 Å². The lowest BCUT2D eigenvalue weighted by molar-refractivity contribution is -0.161. The minimum absolute atomic E-state index is 0.0211. The maximum atomic E-state index is 13.6. The SMILES string of the molecule is N#Cc1cc(F)c(CCOC2CCCCO2)nc1Cl. The minimum atomic E-state index is -0.533. The normalized spacial score (nSPS) is 19.1. The summed E-state index contributed by atoms with van der Waals surface area (Å²) in [6, 6.07) is 2.88. The van der Waals surface area contributed by atoms with Crippen LogP contribution in [-0.4, -0.2) is 24.5 Å². The van der Waals surface area contributed by atoms with Gasteiger partial charge in [-0.25, -0.2) is 9.37 Å². The van der Waals surface area contributed by atoms with Crippen molar-refractivity contribution in [1.82, 2.24) is 4.98 Å². The summed E-state index contributed by atoms with van der Waals surface area (Å²) in [5.74, 6) is -0.533. The summed E-state index contributed by atoms with van der Waals surface area (Å²) in [6.45, 7) is 1.02. The van der Waals surface area contributed by atoms with E-state index in [-0.39, 0.29) is 22.7 Å². The Bertz CT molecular complexity index is 484. The first-order valence-corrected chi connectivity index (χ1v) is 6.56. The average molecular weight is 285 g/mol. The van der Waals surface area contributed by atoms with E-state index in [0.717, 1.165) is 25.3 Å². The molecule has 0 aromatic carbocycles. The van der Waals surface area contributed by atoms with Crippen LogP contribution in [0.1, 0.15) is 30.5 Å². The van der Waals surface area contributed by atoms with Gasteiger partial charge in [0.15, 0.2) is 6.29 Å². The Labute approximate surface area is 116 Å². The molecule has 0 bridgehead atoms. The molecular weight excluding hydrogens is 271 g/mol. The molecule has 2 heterocycles. The highest BCUT2D eigenvalue weighted by atomic mass is 35.5. The van der Waals surface area contributed by atoms with Gasteiger partial charge < -0.3 is 9.47 Å². The van der Waals surface area contributed by atoms with Crippen molar-refractivity contribution in [3.8, 4) is 6.07 Å². The van der Waals surface area contributed by atoms with Gasteiger partial charge in [0.1, 0.15) is 17.0 Å². The molecule has 1 saturated heterocycles. The molecule has 4 nitrogen and oxygen atoms in total. The van der Waals surface area contributed by atoms with E-state index in [1.54, 1.807) is 6.07 Å². The monoisotopic (exact) mass is 284 g/mol. The maximum Gasteiger partial charge on any atom is 0.157 e. The highest BCUT2D eigenvalue weighted by Crippen LogP contribution is 2.18. The van der Waals surface area contributed by atoms with Gasteiger partial charge in [-0.2, -0.15) is 5.26 Å². The van der Waals surface area contributed by atoms with Crippen LogP contribution in [0.2, 0.25) is 5.15 Å². The van der Waals surface area contributed by atoms with Crippen molar-refractivity contribution in [2.24, 2.45) is 0 Å². The summed E-state index contributed by atoms with van der Waals surface area (Å²) in [5.41, 5.74) is 0.249. The van der Waals surface area contributed by atoms with Crippen LogP contribution in [0.25, 0.3) is 0 Å². The van der Waals surface area contributed by atoms with Crippen molar-refractivity contribution < 1.29 is 13.9 Å². The Kier molecular flexibility index (Phi) is 5.08. The third-order valence-electron chi connectivity index (χ3n) is 2.90. The van der Waals surface area contributed by atoms with Gasteiger partial charge in [-0.15, -0.1) is 0 Å². The van der Waals surface area contributed by atoms with E-state index in [2.05, 4.69) is 4.98 Å². The molecule has 0 N–H and O–H groups in total. The van der Waals surface area contributed by atoms with Gasteiger partial charge >= 0.3 is 0 Å². The number of rotatable bonds is 4. The van der Waals surface area contributed by atoms with Crippen LogP contribution < -0.4 is 0 Å². The molecule has 0 radical (unpaired) electrons. The van der Waals surface area contributed by atoms with Crippen molar-refractivity contribution in [3.63, 3.8) is 0 Å². The Morgan fingerprint density at radius 1 is 1.58 bits per heavy atom. The predicted octanol–water partition coefficient (Wildman–Crippen LogP) is 2.83. The van der Waals surface area contributed by atoms with Crippen molar-refractivity contribution in [3.05, 3.63) is 28.3 Å². The van der Waals surface area contributed by atoms with E-state index in [0.29, 0.717) is 19.6 Å². The van der Waals surface area contributed by atoms with Crippen molar-refractivity contribution in [2.75, 3.05) is 13.2 Å². The number of aromatic nitrogens is 1. The molecule has 0 aliphatic carbocycles. The Morgan fingerprint density at radius 3 is 3.11 bits per heavy atom. The second kappa shape index (κ2) is 6.80. The average Bonchev–Trinajstić information content (AvgIpc) is 2.43. The summed E-state index contributed by atoms with van der Waals surface area (Å²) in [7, 11) is 0. The number of hydrogen-bond acceptors (Lipinski definition) is 4. The van der Waals surface area contributed by atoms with Crippen molar-refractivity contribution in [2.45, 2.75) is 32.0 Å². The molecule has 0 saturated carbocycles. The van der Waals surface area contributed by atoms with E-state index in [4.69, 9.17) is 26.3 Å². The quantitative estimate of drug-likeness (QED) is 0.798. The van der Waals surface area contributed by atoms with Crippen LogP contribution in [0.3, 0.4) is 0 Å². The highest BCUT2D eigenvalue weighted by molar-refractivity contribution is 6.30. The number of ether oxygens (including phenoxy) is 2. The zero-order valence-electron chi connectivity index (χ0n) is 10.4. The molecule has 0 spiro atoms. The summed E-state index contributed by atoms with van der Waals surface area (Å²) in [4.78, 5) is 3.87. The van der Waals surface area contributed by atoms with Gasteiger partial charge in [0.05, 0.1) is 17.9 Å². The maximum absolute atomic E-state index is 13.6. The van der Waals surface area contributed by atoms with Crippen LogP contribution >= 0.6 is 11.6 Å². The Balaban J connectivity index is 1.89. The van der Waals surface area contributed by atoms with Gasteiger partial charge in [-0.1, -0.05) is 11.6 Å². The largest absolute Gasteiger partial charge is 0.353 e. The number of nitrogens with zero attached hydrogens (tertiary/aromatic N) is 2. The number of nitriles is 1. The summed E-state index contributed by atoms with van der Waals surface area (Å²) < 4.78 is 24.5. The van der Waals surface area contributed by atoms with Crippen LogP contribution in [-0.2, 0) is 15.9 Å². The first kappa shape index (κ1) is 14.2. The Hall–Kier alpha value is -1.22. The molecule has 1 aliphatic rings. The van der Waals surface area contributed by atoms with Crippen LogP contribution in [0, 0.1) is 17.1 Å². The molecular formula is C13H14ClFN2O2. The third-order valence-corrected chi connectivity index (χ3v) is 3.19. The molecule has 19 heavy (non-hydrogen) atoms. The highest BCUT2D eigenvalue weighted by Gasteiger charge is 2.15. The van der Waals surface area contributed by atoms with Gasteiger partial charge in [0, 0.05) is 13.0 Å². The fraction of sp³-hybridized carbons (Fsp3) is 0.538. The van der Waals surface area contributed by atoms with E-state index in [1.807, 2.05) is 0 Å². The first-order chi connectivity index (χ1) is 9.20. The smallest absolute Gasteiger partial charge is 0.157 e. The van der Waals surface area contributed by atoms with Gasteiger partial charge in [-0.05, 0) is 25.3 Å². The molecule has 1 aromatic rings. The molecule has 2 rings (SSSR count). The van der Waals surface area contributed by atoms with Crippen LogP contribution in [0.5, 0.6) is 0 Å². The van der Waals surface area contributed by atoms with Crippen LogP contribution in [0.4, 0.5) is 4.39 Å². The fourth-order valence-corrected chi connectivity index (χ4v) is 2.08. The standard InChI is InChI=1S/C13H14ClFN2O2/c14-13-9(8-16)7-10(15)11(17-13)4-6-19-12-3-1-2-5-18-12/h7,12H,1-6H2. The summed E-state index contributed by atoms with van der Waals surface area (Å²) in [5, 5.41) is 8.72. The van der Waals surface area contributed by atoms with Crippen molar-refractivity contribution >= 4 is 11.6 Å². The third kappa shape index (κ3) is 3.87. The second-order valence-electron chi connectivity index (χ2n) is 4.28. The zero-order valence-corrected chi connectivity index (χ0v) is 11.1. The number of hydrogen-bond donors (Lipinski definition) is 0. The van der Waals surface area contributed by atoms with E-state index in [9.17, 15) is 4.39 Å². The zero-order chi connectivity index (χ0) is 13.7.